The first kappa shape index (κ1) is 15.0. The summed E-state index contributed by atoms with van der Waals surface area (Å²) in [6, 6.07) is 8.56. The third-order valence-electron chi connectivity index (χ3n) is 2.79. The molecule has 0 unspecified atom stereocenters. The lowest BCUT2D eigenvalue weighted by Crippen LogP contribution is -2.31. The first-order valence-corrected chi connectivity index (χ1v) is 6.75. The van der Waals surface area contributed by atoms with Gasteiger partial charge in [-0.1, -0.05) is 12.1 Å². The van der Waals surface area contributed by atoms with E-state index in [9.17, 15) is 0 Å². The zero-order valence-corrected chi connectivity index (χ0v) is 11.8. The topological polar surface area (TPSA) is 21.7 Å². The van der Waals surface area contributed by atoms with E-state index in [0.29, 0.717) is 0 Å². The van der Waals surface area contributed by atoms with Gasteiger partial charge in [0, 0.05) is 32.0 Å². The molecule has 0 bridgehead atoms. The summed E-state index contributed by atoms with van der Waals surface area (Å²) in [5, 5.41) is 0. The molecule has 3 heteroatoms. The van der Waals surface area contributed by atoms with E-state index in [1.54, 1.807) is 0 Å². The second-order valence-corrected chi connectivity index (χ2v) is 4.22. The van der Waals surface area contributed by atoms with Crippen molar-refractivity contribution < 1.29 is 9.47 Å². The maximum Gasteiger partial charge on any atom is 0.0641 e. The van der Waals surface area contributed by atoms with E-state index in [1.165, 1.54) is 11.3 Å². The lowest BCUT2D eigenvalue weighted by molar-refractivity contribution is 0.141. The van der Waals surface area contributed by atoms with E-state index in [-0.39, 0.29) is 0 Å². The largest absolute Gasteiger partial charge is 0.380 e. The number of benzene rings is 1. The molecule has 3 nitrogen and oxygen atoms in total. The number of rotatable bonds is 9. The second-order valence-electron chi connectivity index (χ2n) is 4.22. The van der Waals surface area contributed by atoms with Crippen LogP contribution in [0.25, 0.3) is 0 Å². The van der Waals surface area contributed by atoms with Crippen LogP contribution in [0.1, 0.15) is 19.4 Å². The molecule has 0 radical (unpaired) electrons. The Bertz CT molecular complexity index is 318. The van der Waals surface area contributed by atoms with Gasteiger partial charge in [-0.15, -0.1) is 0 Å². The van der Waals surface area contributed by atoms with Gasteiger partial charge in [-0.05, 0) is 38.5 Å². The van der Waals surface area contributed by atoms with Gasteiger partial charge in [-0.25, -0.2) is 0 Å². The van der Waals surface area contributed by atoms with Gasteiger partial charge in [-0.3, -0.25) is 0 Å². The quantitative estimate of drug-likeness (QED) is 0.630. The minimum Gasteiger partial charge on any atom is -0.380 e. The summed E-state index contributed by atoms with van der Waals surface area (Å²) in [6.07, 6.45) is 0. The van der Waals surface area contributed by atoms with Crippen LogP contribution in [0.3, 0.4) is 0 Å². The Hall–Kier alpha value is -1.06. The molecule has 0 saturated carbocycles. The van der Waals surface area contributed by atoms with Gasteiger partial charge in [0.15, 0.2) is 0 Å². The van der Waals surface area contributed by atoms with E-state index in [0.717, 1.165) is 39.5 Å². The first-order valence-electron chi connectivity index (χ1n) is 6.75. The first-order chi connectivity index (χ1) is 8.77. The van der Waals surface area contributed by atoms with Crippen molar-refractivity contribution in [2.75, 3.05) is 44.4 Å². The summed E-state index contributed by atoms with van der Waals surface area (Å²) < 4.78 is 10.9. The highest BCUT2D eigenvalue weighted by Crippen LogP contribution is 2.15. The Balaban J connectivity index is 2.57. The number of hydrogen-bond donors (Lipinski definition) is 0. The van der Waals surface area contributed by atoms with Crippen LogP contribution in [-0.4, -0.2) is 39.5 Å². The third-order valence-corrected chi connectivity index (χ3v) is 2.79. The van der Waals surface area contributed by atoms with Crippen LogP contribution >= 0.6 is 0 Å². The molecule has 0 aliphatic rings. The van der Waals surface area contributed by atoms with Crippen molar-refractivity contribution in [3.63, 3.8) is 0 Å². The molecule has 0 aliphatic heterocycles. The summed E-state index contributed by atoms with van der Waals surface area (Å²) in [4.78, 5) is 2.32. The van der Waals surface area contributed by atoms with Crippen molar-refractivity contribution >= 4 is 5.69 Å². The zero-order valence-electron chi connectivity index (χ0n) is 11.8. The van der Waals surface area contributed by atoms with E-state index in [2.05, 4.69) is 36.1 Å². The minimum absolute atomic E-state index is 0.760. The van der Waals surface area contributed by atoms with Crippen LogP contribution in [-0.2, 0) is 9.47 Å². The second kappa shape index (κ2) is 8.95. The molecule has 1 aromatic carbocycles. The number of aryl methyl sites for hydroxylation is 1. The average Bonchev–Trinajstić information content (AvgIpc) is 2.37. The van der Waals surface area contributed by atoms with Gasteiger partial charge < -0.3 is 14.4 Å². The minimum atomic E-state index is 0.760. The molecule has 102 valence electrons. The molecule has 0 aromatic heterocycles. The van der Waals surface area contributed by atoms with Crippen LogP contribution in [0.4, 0.5) is 5.69 Å². The van der Waals surface area contributed by atoms with Gasteiger partial charge in [0.05, 0.1) is 13.2 Å². The Morgan fingerprint density at radius 3 is 2.11 bits per heavy atom. The Morgan fingerprint density at radius 1 is 1.00 bits per heavy atom. The molecule has 0 aliphatic carbocycles. The zero-order chi connectivity index (χ0) is 13.2. The van der Waals surface area contributed by atoms with E-state index < -0.39 is 0 Å². The summed E-state index contributed by atoms with van der Waals surface area (Å²) in [5.41, 5.74) is 2.53. The average molecular weight is 251 g/mol. The maximum atomic E-state index is 5.44. The number of anilines is 1. The van der Waals surface area contributed by atoms with Crippen LogP contribution in [0.2, 0.25) is 0 Å². The molecule has 1 aromatic rings. The predicted octanol–water partition coefficient (Wildman–Crippen LogP) is 2.87. The Kier molecular flexibility index (Phi) is 7.46. The van der Waals surface area contributed by atoms with Gasteiger partial charge in [0.2, 0.25) is 0 Å². The van der Waals surface area contributed by atoms with Gasteiger partial charge in [-0.2, -0.15) is 0 Å². The number of hydrogen-bond acceptors (Lipinski definition) is 3. The molecule has 0 atom stereocenters. The van der Waals surface area contributed by atoms with Crippen molar-refractivity contribution in [1.82, 2.24) is 0 Å². The molecule has 0 spiro atoms. The van der Waals surface area contributed by atoms with Crippen LogP contribution in [0.5, 0.6) is 0 Å². The molecule has 1 rings (SSSR count). The molecule has 0 heterocycles. The highest BCUT2D eigenvalue weighted by molar-refractivity contribution is 5.48. The van der Waals surface area contributed by atoms with Crippen LogP contribution < -0.4 is 4.90 Å². The van der Waals surface area contributed by atoms with E-state index in [4.69, 9.17) is 9.47 Å². The molecule has 0 amide bonds. The summed E-state index contributed by atoms with van der Waals surface area (Å²) in [7, 11) is 0. The monoisotopic (exact) mass is 251 g/mol. The van der Waals surface area contributed by atoms with Crippen molar-refractivity contribution in [2.45, 2.75) is 20.8 Å². The van der Waals surface area contributed by atoms with Crippen molar-refractivity contribution in [1.29, 1.82) is 0 Å². The molecule has 0 fully saturated rings. The van der Waals surface area contributed by atoms with Crippen molar-refractivity contribution in [2.24, 2.45) is 0 Å². The smallest absolute Gasteiger partial charge is 0.0641 e. The van der Waals surface area contributed by atoms with Gasteiger partial charge in [0.1, 0.15) is 0 Å². The molecular weight excluding hydrogens is 226 g/mol. The van der Waals surface area contributed by atoms with Gasteiger partial charge >= 0.3 is 0 Å². The maximum absolute atomic E-state index is 5.44. The lowest BCUT2D eigenvalue weighted by atomic mass is 10.2. The standard InChI is InChI=1S/C15H25NO2/c1-4-17-11-9-16(10-12-18-5-2)15-8-6-7-14(3)13-15/h6-8,13H,4-5,9-12H2,1-3H3. The van der Waals surface area contributed by atoms with Crippen molar-refractivity contribution in [3.8, 4) is 0 Å². The Labute approximate surface area is 111 Å². The molecule has 0 N–H and O–H groups in total. The fourth-order valence-electron chi connectivity index (χ4n) is 1.83. The Morgan fingerprint density at radius 2 is 1.61 bits per heavy atom. The SMILES string of the molecule is CCOCCN(CCOCC)c1cccc(C)c1. The molecule has 0 saturated heterocycles. The predicted molar refractivity (Wildman–Crippen MR) is 76.4 cm³/mol. The third kappa shape index (κ3) is 5.52. The van der Waals surface area contributed by atoms with E-state index in [1.807, 2.05) is 13.8 Å². The normalized spacial score (nSPS) is 10.6. The van der Waals surface area contributed by atoms with Crippen molar-refractivity contribution in [3.05, 3.63) is 29.8 Å². The number of ether oxygens (including phenoxy) is 2. The summed E-state index contributed by atoms with van der Waals surface area (Å²) in [5.74, 6) is 0. The molecule has 18 heavy (non-hydrogen) atoms. The fourth-order valence-corrected chi connectivity index (χ4v) is 1.83. The van der Waals surface area contributed by atoms with Gasteiger partial charge in [0.25, 0.3) is 0 Å². The fraction of sp³-hybridized carbons (Fsp3) is 0.600. The highest BCUT2D eigenvalue weighted by Gasteiger charge is 2.06. The van der Waals surface area contributed by atoms with Crippen LogP contribution in [0, 0.1) is 6.92 Å². The lowest BCUT2D eigenvalue weighted by Gasteiger charge is -2.25. The molecular formula is C15H25NO2. The van der Waals surface area contributed by atoms with E-state index >= 15 is 0 Å². The van der Waals surface area contributed by atoms with Crippen LogP contribution in [0.15, 0.2) is 24.3 Å². The number of nitrogens with zero attached hydrogens (tertiary/aromatic N) is 1. The summed E-state index contributed by atoms with van der Waals surface area (Å²) in [6.45, 7) is 11.0. The highest BCUT2D eigenvalue weighted by atomic mass is 16.5. The summed E-state index contributed by atoms with van der Waals surface area (Å²) >= 11 is 0.